The standard InChI is InChI=1S/C8H10N4/c1-11-6-2-4-8(11)10-12-7-3-5-9-12/h2-7,10H,1H3. The van der Waals surface area contributed by atoms with Crippen molar-refractivity contribution in [2.45, 2.75) is 0 Å². The van der Waals surface area contributed by atoms with Crippen LogP contribution < -0.4 is 5.43 Å². The maximum Gasteiger partial charge on any atom is 0.126 e. The third kappa shape index (κ3) is 1.18. The first-order valence-electron chi connectivity index (χ1n) is 3.74. The van der Waals surface area contributed by atoms with E-state index < -0.39 is 0 Å². The van der Waals surface area contributed by atoms with Crippen molar-refractivity contribution >= 4 is 5.82 Å². The van der Waals surface area contributed by atoms with Gasteiger partial charge in [0.2, 0.25) is 0 Å². The molecule has 0 aliphatic heterocycles. The first kappa shape index (κ1) is 6.97. The lowest BCUT2D eigenvalue weighted by Crippen LogP contribution is -2.11. The maximum atomic E-state index is 4.02. The third-order valence-electron chi connectivity index (χ3n) is 1.68. The molecule has 0 saturated heterocycles. The zero-order valence-electron chi connectivity index (χ0n) is 6.81. The van der Waals surface area contributed by atoms with Crippen LogP contribution in [-0.4, -0.2) is 14.5 Å². The Morgan fingerprint density at radius 2 is 2.25 bits per heavy atom. The molecule has 0 fully saturated rings. The average molecular weight is 162 g/mol. The summed E-state index contributed by atoms with van der Waals surface area (Å²) in [4.78, 5) is 1.66. The van der Waals surface area contributed by atoms with Crippen molar-refractivity contribution in [1.82, 2.24) is 14.5 Å². The van der Waals surface area contributed by atoms with Crippen LogP contribution >= 0.6 is 0 Å². The van der Waals surface area contributed by atoms with Crippen LogP contribution in [0.2, 0.25) is 0 Å². The van der Waals surface area contributed by atoms with E-state index in [0.717, 1.165) is 5.82 Å². The molecule has 62 valence electrons. The number of aryl methyl sites for hydroxylation is 1. The molecule has 2 heterocycles. The van der Waals surface area contributed by atoms with Crippen molar-refractivity contribution in [3.8, 4) is 0 Å². The lowest BCUT2D eigenvalue weighted by Gasteiger charge is -2.05. The van der Waals surface area contributed by atoms with Gasteiger partial charge in [-0.15, -0.1) is 0 Å². The zero-order chi connectivity index (χ0) is 8.39. The highest BCUT2D eigenvalue weighted by atomic mass is 15.6. The summed E-state index contributed by atoms with van der Waals surface area (Å²) >= 11 is 0. The fourth-order valence-electron chi connectivity index (χ4n) is 1.03. The summed E-state index contributed by atoms with van der Waals surface area (Å²) in [6, 6.07) is 5.84. The summed E-state index contributed by atoms with van der Waals surface area (Å²) in [6.07, 6.45) is 5.56. The molecular formula is C8H10N4. The summed E-state index contributed by atoms with van der Waals surface area (Å²) in [5.74, 6) is 1.01. The topological polar surface area (TPSA) is 34.8 Å². The Balaban J connectivity index is 2.20. The largest absolute Gasteiger partial charge is 0.337 e. The summed E-state index contributed by atoms with van der Waals surface area (Å²) in [7, 11) is 1.98. The first-order chi connectivity index (χ1) is 5.86. The van der Waals surface area contributed by atoms with Crippen molar-refractivity contribution in [2.75, 3.05) is 5.43 Å². The molecule has 0 atom stereocenters. The molecular weight excluding hydrogens is 152 g/mol. The molecule has 1 N–H and O–H groups in total. The van der Waals surface area contributed by atoms with Gasteiger partial charge in [-0.3, -0.25) is 5.43 Å². The third-order valence-corrected chi connectivity index (χ3v) is 1.68. The van der Waals surface area contributed by atoms with Crippen LogP contribution in [0.15, 0.2) is 36.8 Å². The summed E-state index contributed by atoms with van der Waals surface area (Å²) < 4.78 is 1.99. The van der Waals surface area contributed by atoms with Gasteiger partial charge in [-0.25, -0.2) is 0 Å². The fourth-order valence-corrected chi connectivity index (χ4v) is 1.03. The van der Waals surface area contributed by atoms with Crippen molar-refractivity contribution in [3.63, 3.8) is 0 Å². The van der Waals surface area contributed by atoms with E-state index in [4.69, 9.17) is 0 Å². The number of aromatic nitrogens is 3. The SMILES string of the molecule is Cn1cccc1Nn1cccn1. The minimum atomic E-state index is 1.01. The molecule has 4 heteroatoms. The molecule has 2 rings (SSSR count). The average Bonchev–Trinajstić information content (AvgIpc) is 2.65. The number of hydrogen-bond acceptors (Lipinski definition) is 2. The van der Waals surface area contributed by atoms with E-state index in [0.29, 0.717) is 0 Å². The number of nitrogens with zero attached hydrogens (tertiary/aromatic N) is 3. The van der Waals surface area contributed by atoms with Crippen molar-refractivity contribution in [1.29, 1.82) is 0 Å². The highest BCUT2D eigenvalue weighted by Gasteiger charge is 1.94. The van der Waals surface area contributed by atoms with Gasteiger partial charge in [0.1, 0.15) is 5.82 Å². The molecule has 0 aliphatic carbocycles. The summed E-state index contributed by atoms with van der Waals surface area (Å²) in [6.45, 7) is 0. The lowest BCUT2D eigenvalue weighted by molar-refractivity contribution is 0.775. The van der Waals surface area contributed by atoms with Gasteiger partial charge < -0.3 is 4.57 Å². The number of nitrogens with one attached hydrogen (secondary N) is 1. The Morgan fingerprint density at radius 1 is 1.33 bits per heavy atom. The number of hydrogen-bond donors (Lipinski definition) is 1. The Morgan fingerprint density at radius 3 is 2.83 bits per heavy atom. The molecule has 0 aliphatic rings. The van der Waals surface area contributed by atoms with E-state index >= 15 is 0 Å². The van der Waals surface area contributed by atoms with Crippen molar-refractivity contribution < 1.29 is 0 Å². The molecule has 2 aromatic rings. The van der Waals surface area contributed by atoms with Crippen LogP contribution in [0.1, 0.15) is 0 Å². The molecule has 0 bridgehead atoms. The zero-order valence-corrected chi connectivity index (χ0v) is 6.81. The molecule has 0 spiro atoms. The van der Waals surface area contributed by atoms with Gasteiger partial charge in [-0.2, -0.15) is 9.89 Å². The normalized spacial score (nSPS) is 10.1. The van der Waals surface area contributed by atoms with Crippen molar-refractivity contribution in [3.05, 3.63) is 36.8 Å². The molecule has 2 aromatic heterocycles. The lowest BCUT2D eigenvalue weighted by atomic mass is 10.6. The van der Waals surface area contributed by atoms with Crippen molar-refractivity contribution in [2.24, 2.45) is 7.05 Å². The van der Waals surface area contributed by atoms with Gasteiger partial charge in [0.15, 0.2) is 0 Å². The van der Waals surface area contributed by atoms with Crippen LogP contribution in [0.4, 0.5) is 5.82 Å². The van der Waals surface area contributed by atoms with E-state index in [2.05, 4.69) is 10.5 Å². The van der Waals surface area contributed by atoms with Crippen LogP contribution in [0, 0.1) is 0 Å². The van der Waals surface area contributed by atoms with Gasteiger partial charge in [0.05, 0.1) is 6.20 Å². The Labute approximate surface area is 70.4 Å². The van der Waals surface area contributed by atoms with Gasteiger partial charge in [-0.05, 0) is 18.2 Å². The summed E-state index contributed by atoms with van der Waals surface area (Å²) in [5.41, 5.74) is 3.10. The highest BCUT2D eigenvalue weighted by molar-refractivity contribution is 5.35. The predicted octanol–water partition coefficient (Wildman–Crippen LogP) is 1.10. The molecule has 0 radical (unpaired) electrons. The fraction of sp³-hybridized carbons (Fsp3) is 0.125. The molecule has 4 nitrogen and oxygen atoms in total. The van der Waals surface area contributed by atoms with E-state index in [1.165, 1.54) is 0 Å². The van der Waals surface area contributed by atoms with E-state index in [9.17, 15) is 0 Å². The second kappa shape index (κ2) is 2.73. The predicted molar refractivity (Wildman–Crippen MR) is 46.7 cm³/mol. The minimum Gasteiger partial charge on any atom is -0.337 e. The van der Waals surface area contributed by atoms with E-state index in [1.54, 1.807) is 11.0 Å². The van der Waals surface area contributed by atoms with Gasteiger partial charge in [-0.1, -0.05) is 0 Å². The molecule has 12 heavy (non-hydrogen) atoms. The molecule has 0 saturated carbocycles. The molecule has 0 aromatic carbocycles. The number of rotatable bonds is 2. The van der Waals surface area contributed by atoms with E-state index in [1.807, 2.05) is 42.2 Å². The smallest absolute Gasteiger partial charge is 0.126 e. The number of anilines is 1. The Bertz CT molecular complexity index is 347. The quantitative estimate of drug-likeness (QED) is 0.717. The first-order valence-corrected chi connectivity index (χ1v) is 3.74. The second-order valence-electron chi connectivity index (χ2n) is 2.57. The van der Waals surface area contributed by atoms with Crippen LogP contribution in [0.3, 0.4) is 0 Å². The minimum absolute atomic E-state index is 1.01. The highest BCUT2D eigenvalue weighted by Crippen LogP contribution is 2.05. The maximum absolute atomic E-state index is 4.02. The van der Waals surface area contributed by atoms with Crippen LogP contribution in [0.5, 0.6) is 0 Å². The Kier molecular flexibility index (Phi) is 1.59. The van der Waals surface area contributed by atoms with Gasteiger partial charge in [0, 0.05) is 19.4 Å². The monoisotopic (exact) mass is 162 g/mol. The molecule has 0 amide bonds. The van der Waals surface area contributed by atoms with Crippen LogP contribution in [0.25, 0.3) is 0 Å². The van der Waals surface area contributed by atoms with E-state index in [-0.39, 0.29) is 0 Å². The molecule has 0 unspecified atom stereocenters. The Hall–Kier alpha value is -1.71. The van der Waals surface area contributed by atoms with Gasteiger partial charge >= 0.3 is 0 Å². The van der Waals surface area contributed by atoms with Gasteiger partial charge in [0.25, 0.3) is 0 Å². The second-order valence-corrected chi connectivity index (χ2v) is 2.57. The summed E-state index contributed by atoms with van der Waals surface area (Å²) in [5, 5.41) is 4.02. The van der Waals surface area contributed by atoms with Crippen LogP contribution in [-0.2, 0) is 7.05 Å².